The molecule has 0 spiro atoms. The number of carbonyl (C=O) groups excluding carboxylic acids is 2. The summed E-state index contributed by atoms with van der Waals surface area (Å²) < 4.78 is 41.7. The van der Waals surface area contributed by atoms with Crippen LogP contribution >= 0.6 is 0 Å². The summed E-state index contributed by atoms with van der Waals surface area (Å²) in [4.78, 5) is 22.6. The Kier molecular flexibility index (Phi) is 4.20. The van der Waals surface area contributed by atoms with E-state index in [2.05, 4.69) is 9.84 Å². The van der Waals surface area contributed by atoms with E-state index in [0.29, 0.717) is 11.1 Å². The van der Waals surface area contributed by atoms with Gasteiger partial charge in [0.25, 0.3) is 0 Å². The monoisotopic (exact) mass is 311 g/mol. The topological polar surface area (TPSA) is 60.1 Å². The largest absolute Gasteiger partial charge is 0.491 e. The quantitative estimate of drug-likeness (QED) is 0.482. The van der Waals surface area contributed by atoms with Crippen LogP contribution in [0.5, 0.6) is 0 Å². The van der Waals surface area contributed by atoms with E-state index < -0.39 is 18.1 Å². The predicted octanol–water partition coefficient (Wildman–Crippen LogP) is 1.82. The molecule has 0 N–H and O–H groups in total. The van der Waals surface area contributed by atoms with Crippen LogP contribution in [0.15, 0.2) is 42.7 Å². The Bertz CT molecular complexity index is 715. The molecule has 1 aromatic heterocycles. The number of nitrogens with zero attached hydrogens (tertiary/aromatic N) is 2. The molecule has 0 amide bonds. The molecule has 0 aliphatic rings. The second-order valence-corrected chi connectivity index (χ2v) is 4.32. The van der Waals surface area contributed by atoms with Gasteiger partial charge in [-0.15, -0.1) is 0 Å². The van der Waals surface area contributed by atoms with Gasteiger partial charge in [-0.1, -0.05) is 35.0 Å². The molecule has 0 radical (unpaired) electrons. The summed E-state index contributed by atoms with van der Waals surface area (Å²) in [6.07, 6.45) is -2.74. The van der Waals surface area contributed by atoms with Gasteiger partial charge in [0.2, 0.25) is 6.20 Å². The maximum atomic E-state index is 12.2. The van der Waals surface area contributed by atoms with Crippen LogP contribution < -0.4 is 4.68 Å². The van der Waals surface area contributed by atoms with Crippen LogP contribution in [0.25, 0.3) is 11.1 Å². The Morgan fingerprint density at radius 1 is 1.18 bits per heavy atom. The SMILES string of the molecule is C[n+]1cc(-c2ccccc2)c(C(=O)OC(=O)C(F)(F)F)cn1. The molecule has 2 rings (SSSR count). The highest BCUT2D eigenvalue weighted by molar-refractivity contribution is 6.02. The van der Waals surface area contributed by atoms with Gasteiger partial charge in [0.1, 0.15) is 6.20 Å². The van der Waals surface area contributed by atoms with Gasteiger partial charge in [-0.2, -0.15) is 13.2 Å². The molecule has 0 bridgehead atoms. The first-order chi connectivity index (χ1) is 10.3. The summed E-state index contributed by atoms with van der Waals surface area (Å²) in [6.45, 7) is 0. The number of esters is 2. The minimum atomic E-state index is -5.24. The Hall–Kier alpha value is -2.77. The number of carbonyl (C=O) groups is 2. The molecule has 1 heterocycles. The number of alkyl halides is 3. The lowest BCUT2D eigenvalue weighted by Gasteiger charge is -2.08. The van der Waals surface area contributed by atoms with Gasteiger partial charge in [0.15, 0.2) is 7.05 Å². The van der Waals surface area contributed by atoms with Crippen LogP contribution in [0.3, 0.4) is 0 Å². The maximum absolute atomic E-state index is 12.2. The molecule has 22 heavy (non-hydrogen) atoms. The first-order valence-electron chi connectivity index (χ1n) is 6.04. The first-order valence-corrected chi connectivity index (χ1v) is 6.04. The van der Waals surface area contributed by atoms with Crippen molar-refractivity contribution in [3.8, 4) is 11.1 Å². The number of halogens is 3. The number of ether oxygens (including phenoxy) is 1. The summed E-state index contributed by atoms with van der Waals surface area (Å²) in [5, 5.41) is 3.78. The molecule has 0 fully saturated rings. The lowest BCUT2D eigenvalue weighted by Crippen LogP contribution is -2.34. The maximum Gasteiger partial charge on any atom is 0.491 e. The minimum absolute atomic E-state index is 0.234. The Labute approximate surface area is 122 Å². The number of aryl methyl sites for hydroxylation is 1. The lowest BCUT2D eigenvalue weighted by molar-refractivity contribution is -0.730. The van der Waals surface area contributed by atoms with Crippen LogP contribution in [0, 0.1) is 0 Å². The number of benzene rings is 1. The van der Waals surface area contributed by atoms with E-state index in [0.717, 1.165) is 6.20 Å². The van der Waals surface area contributed by atoms with Crippen LogP contribution in [0.1, 0.15) is 10.4 Å². The average Bonchev–Trinajstić information content (AvgIpc) is 2.47. The summed E-state index contributed by atoms with van der Waals surface area (Å²) in [5.74, 6) is -3.97. The summed E-state index contributed by atoms with van der Waals surface area (Å²) in [5.41, 5.74) is 0.645. The van der Waals surface area contributed by atoms with Crippen molar-refractivity contribution >= 4 is 11.9 Å². The van der Waals surface area contributed by atoms with E-state index >= 15 is 0 Å². The number of aromatic nitrogens is 2. The predicted molar refractivity (Wildman–Crippen MR) is 67.3 cm³/mol. The van der Waals surface area contributed by atoms with Crippen LogP contribution in [-0.4, -0.2) is 23.2 Å². The van der Waals surface area contributed by atoms with Crippen molar-refractivity contribution in [3.05, 3.63) is 48.3 Å². The van der Waals surface area contributed by atoms with Crippen molar-refractivity contribution in [2.24, 2.45) is 7.05 Å². The fourth-order valence-electron chi connectivity index (χ4n) is 1.72. The van der Waals surface area contributed by atoms with Crippen molar-refractivity contribution in [2.45, 2.75) is 6.18 Å². The van der Waals surface area contributed by atoms with E-state index in [9.17, 15) is 22.8 Å². The molecule has 0 saturated carbocycles. The van der Waals surface area contributed by atoms with Crippen molar-refractivity contribution < 1.29 is 32.2 Å². The Morgan fingerprint density at radius 3 is 2.41 bits per heavy atom. The van der Waals surface area contributed by atoms with Crippen molar-refractivity contribution in [1.29, 1.82) is 0 Å². The molecule has 0 unspecified atom stereocenters. The third kappa shape index (κ3) is 3.46. The second-order valence-electron chi connectivity index (χ2n) is 4.32. The molecule has 0 atom stereocenters. The fourth-order valence-corrected chi connectivity index (χ4v) is 1.72. The molecule has 0 aliphatic heterocycles. The van der Waals surface area contributed by atoms with E-state index in [1.807, 2.05) is 0 Å². The zero-order chi connectivity index (χ0) is 16.3. The highest BCUT2D eigenvalue weighted by Crippen LogP contribution is 2.23. The smallest absolute Gasteiger partial charge is 0.383 e. The van der Waals surface area contributed by atoms with Gasteiger partial charge in [-0.05, 0) is 10.7 Å². The highest BCUT2D eigenvalue weighted by Gasteiger charge is 2.43. The summed E-state index contributed by atoms with van der Waals surface area (Å²) in [7, 11) is 1.59. The molecule has 2 aromatic rings. The van der Waals surface area contributed by atoms with E-state index in [1.165, 1.54) is 10.9 Å². The highest BCUT2D eigenvalue weighted by atomic mass is 19.4. The molecule has 5 nitrogen and oxygen atoms in total. The van der Waals surface area contributed by atoms with Gasteiger partial charge in [0, 0.05) is 0 Å². The zero-order valence-electron chi connectivity index (χ0n) is 11.3. The fraction of sp³-hybridized carbons (Fsp3) is 0.143. The molecule has 1 aromatic carbocycles. The average molecular weight is 311 g/mol. The summed E-state index contributed by atoms with van der Waals surface area (Å²) >= 11 is 0. The Morgan fingerprint density at radius 2 is 1.82 bits per heavy atom. The molecule has 0 aliphatic carbocycles. The number of hydrogen-bond donors (Lipinski definition) is 0. The third-order valence-electron chi connectivity index (χ3n) is 2.70. The van der Waals surface area contributed by atoms with E-state index in [4.69, 9.17) is 0 Å². The zero-order valence-corrected chi connectivity index (χ0v) is 11.3. The Balaban J connectivity index is 2.40. The van der Waals surface area contributed by atoms with Gasteiger partial charge in [-0.25, -0.2) is 9.59 Å². The van der Waals surface area contributed by atoms with Gasteiger partial charge < -0.3 is 4.74 Å². The van der Waals surface area contributed by atoms with Crippen molar-refractivity contribution in [3.63, 3.8) is 0 Å². The minimum Gasteiger partial charge on any atom is -0.383 e. The number of hydrogen-bond acceptors (Lipinski definition) is 4. The third-order valence-corrected chi connectivity index (χ3v) is 2.70. The standard InChI is InChI=1S/C14H10F3N2O3/c1-19-8-11(9-5-3-2-4-6-9)10(7-18-19)12(20)22-13(21)14(15,16)17/h2-8H,1H3/q+1. The van der Waals surface area contributed by atoms with Crippen LogP contribution in [-0.2, 0) is 16.6 Å². The molecule has 8 heteroatoms. The second kappa shape index (κ2) is 5.92. The lowest BCUT2D eigenvalue weighted by atomic mass is 10.0. The van der Waals surface area contributed by atoms with E-state index in [-0.39, 0.29) is 5.56 Å². The molecular formula is C14H10F3N2O3+. The molecular weight excluding hydrogens is 301 g/mol. The molecule has 114 valence electrons. The normalized spacial score (nSPS) is 11.1. The van der Waals surface area contributed by atoms with Crippen LogP contribution in [0.4, 0.5) is 13.2 Å². The van der Waals surface area contributed by atoms with Gasteiger partial charge in [0.05, 0.1) is 11.1 Å². The van der Waals surface area contributed by atoms with E-state index in [1.54, 1.807) is 37.4 Å². The molecule has 0 saturated heterocycles. The van der Waals surface area contributed by atoms with Crippen molar-refractivity contribution in [2.75, 3.05) is 0 Å². The summed E-state index contributed by atoms with van der Waals surface area (Å²) in [6, 6.07) is 8.47. The number of rotatable bonds is 2. The van der Waals surface area contributed by atoms with Gasteiger partial charge in [-0.3, -0.25) is 0 Å². The van der Waals surface area contributed by atoms with Crippen molar-refractivity contribution in [1.82, 2.24) is 5.10 Å². The van der Waals surface area contributed by atoms with Crippen LogP contribution in [0.2, 0.25) is 0 Å². The van der Waals surface area contributed by atoms with Gasteiger partial charge >= 0.3 is 18.1 Å². The first kappa shape index (κ1) is 15.6.